The largest absolute Gasteiger partial charge is 0.394 e. The van der Waals surface area contributed by atoms with Gasteiger partial charge in [-0.3, -0.25) is 4.98 Å². The van der Waals surface area contributed by atoms with Crippen LogP contribution < -0.4 is 4.90 Å². The molecule has 1 aliphatic heterocycles. The molecule has 0 radical (unpaired) electrons. The highest BCUT2D eigenvalue weighted by Crippen LogP contribution is 2.22. The maximum atomic E-state index is 9.26. The minimum atomic E-state index is -0.0925. The van der Waals surface area contributed by atoms with E-state index in [1.54, 1.807) is 18.5 Å². The minimum Gasteiger partial charge on any atom is -0.394 e. The Morgan fingerprint density at radius 2 is 2.56 bits per heavy atom. The molecule has 1 fully saturated rings. The van der Waals surface area contributed by atoms with Gasteiger partial charge in [-0.15, -0.1) is 0 Å². The molecule has 0 bridgehead atoms. The van der Waals surface area contributed by atoms with Crippen molar-refractivity contribution in [1.82, 2.24) is 4.98 Å². The Bertz CT molecular complexity index is 402. The van der Waals surface area contributed by atoms with Gasteiger partial charge in [0.2, 0.25) is 0 Å². The Hall–Kier alpha value is -1.64. The molecule has 5 heteroatoms. The van der Waals surface area contributed by atoms with Gasteiger partial charge in [-0.1, -0.05) is 0 Å². The lowest BCUT2D eigenvalue weighted by Crippen LogP contribution is -2.48. The molecule has 1 N–H and O–H groups in total. The number of aromatic nitrogens is 1. The van der Waals surface area contributed by atoms with E-state index in [2.05, 4.69) is 11.1 Å². The van der Waals surface area contributed by atoms with Gasteiger partial charge in [0.1, 0.15) is 6.07 Å². The SMILES string of the molecule is N#Cc1ccncc1N1CCOCC1CO. The number of pyridine rings is 1. The number of nitriles is 1. The number of morpholine rings is 1. The summed E-state index contributed by atoms with van der Waals surface area (Å²) in [5.74, 6) is 0. The first kappa shape index (κ1) is 10.9. The maximum absolute atomic E-state index is 9.26. The summed E-state index contributed by atoms with van der Waals surface area (Å²) in [7, 11) is 0. The quantitative estimate of drug-likeness (QED) is 0.766. The predicted molar refractivity (Wildman–Crippen MR) is 58.0 cm³/mol. The number of anilines is 1. The second-order valence-electron chi connectivity index (χ2n) is 3.61. The molecule has 1 atom stereocenters. The summed E-state index contributed by atoms with van der Waals surface area (Å²) in [6.07, 6.45) is 3.25. The lowest BCUT2D eigenvalue weighted by Gasteiger charge is -2.36. The van der Waals surface area contributed by atoms with Crippen LogP contribution in [-0.4, -0.2) is 42.5 Å². The summed E-state index contributed by atoms with van der Waals surface area (Å²) >= 11 is 0. The number of aliphatic hydroxyl groups is 1. The summed E-state index contributed by atoms with van der Waals surface area (Å²) in [5.41, 5.74) is 1.35. The third-order valence-corrected chi connectivity index (χ3v) is 2.67. The molecular formula is C11H13N3O2. The van der Waals surface area contributed by atoms with Crippen LogP contribution in [0.25, 0.3) is 0 Å². The van der Waals surface area contributed by atoms with E-state index in [4.69, 9.17) is 10.00 Å². The highest BCUT2D eigenvalue weighted by atomic mass is 16.5. The second kappa shape index (κ2) is 4.92. The van der Waals surface area contributed by atoms with Crippen LogP contribution in [0.4, 0.5) is 5.69 Å². The molecular weight excluding hydrogens is 206 g/mol. The second-order valence-corrected chi connectivity index (χ2v) is 3.61. The minimum absolute atomic E-state index is 0.0137. The summed E-state index contributed by atoms with van der Waals surface area (Å²) in [6.45, 7) is 1.78. The Morgan fingerprint density at radius 1 is 1.69 bits per heavy atom. The van der Waals surface area contributed by atoms with E-state index in [0.717, 1.165) is 5.69 Å². The number of hydrogen-bond acceptors (Lipinski definition) is 5. The molecule has 0 spiro atoms. The van der Waals surface area contributed by atoms with Crippen molar-refractivity contribution in [2.75, 3.05) is 31.3 Å². The van der Waals surface area contributed by atoms with Gasteiger partial charge >= 0.3 is 0 Å². The van der Waals surface area contributed by atoms with Crippen LogP contribution in [0.15, 0.2) is 18.5 Å². The zero-order valence-electron chi connectivity index (χ0n) is 8.83. The fraction of sp³-hybridized carbons (Fsp3) is 0.455. The molecule has 84 valence electrons. The molecule has 16 heavy (non-hydrogen) atoms. The number of nitrogens with zero attached hydrogens (tertiary/aromatic N) is 3. The van der Waals surface area contributed by atoms with Gasteiger partial charge in [-0.2, -0.15) is 5.26 Å². The normalized spacial score (nSPS) is 20.5. The Balaban J connectivity index is 2.31. The van der Waals surface area contributed by atoms with Gasteiger partial charge in [-0.25, -0.2) is 0 Å². The van der Waals surface area contributed by atoms with Crippen molar-refractivity contribution in [3.8, 4) is 6.07 Å². The van der Waals surface area contributed by atoms with Crippen molar-refractivity contribution in [2.24, 2.45) is 0 Å². The zero-order chi connectivity index (χ0) is 11.4. The smallest absolute Gasteiger partial charge is 0.101 e. The van der Waals surface area contributed by atoms with Crippen LogP contribution >= 0.6 is 0 Å². The van der Waals surface area contributed by atoms with Crippen LogP contribution in [0.1, 0.15) is 5.56 Å². The summed E-state index contributed by atoms with van der Waals surface area (Å²) in [5, 5.41) is 18.3. The molecule has 0 amide bonds. The monoisotopic (exact) mass is 219 g/mol. The average molecular weight is 219 g/mol. The highest BCUT2D eigenvalue weighted by Gasteiger charge is 2.24. The summed E-state index contributed by atoms with van der Waals surface area (Å²) in [6, 6.07) is 3.72. The van der Waals surface area contributed by atoms with Crippen LogP contribution in [0, 0.1) is 11.3 Å². The summed E-state index contributed by atoms with van der Waals surface area (Å²) < 4.78 is 5.29. The van der Waals surface area contributed by atoms with Crippen LogP contribution in [0.3, 0.4) is 0 Å². The van der Waals surface area contributed by atoms with E-state index in [9.17, 15) is 5.11 Å². The van der Waals surface area contributed by atoms with Gasteiger partial charge in [-0.05, 0) is 6.07 Å². The van der Waals surface area contributed by atoms with E-state index >= 15 is 0 Å². The Morgan fingerprint density at radius 3 is 3.31 bits per heavy atom. The van der Waals surface area contributed by atoms with Crippen LogP contribution in [-0.2, 0) is 4.74 Å². The molecule has 2 heterocycles. The van der Waals surface area contributed by atoms with Crippen molar-refractivity contribution in [3.63, 3.8) is 0 Å². The number of hydrogen-bond donors (Lipinski definition) is 1. The fourth-order valence-corrected chi connectivity index (χ4v) is 1.83. The third kappa shape index (κ3) is 1.98. The topological polar surface area (TPSA) is 69.4 Å². The Labute approximate surface area is 93.9 Å². The standard InChI is InChI=1S/C11H13N3O2/c12-5-9-1-2-13-6-11(9)14-3-4-16-8-10(14)7-15/h1-2,6,10,15H,3-4,7-8H2. The van der Waals surface area contributed by atoms with Crippen LogP contribution in [0.5, 0.6) is 0 Å². The maximum Gasteiger partial charge on any atom is 0.101 e. The number of ether oxygens (including phenoxy) is 1. The number of rotatable bonds is 2. The molecule has 0 aromatic carbocycles. The summed E-state index contributed by atoms with van der Waals surface area (Å²) in [4.78, 5) is 6.00. The third-order valence-electron chi connectivity index (χ3n) is 2.67. The van der Waals surface area contributed by atoms with Gasteiger partial charge in [0, 0.05) is 12.7 Å². The first-order chi connectivity index (χ1) is 7.86. The molecule has 0 saturated carbocycles. The van der Waals surface area contributed by atoms with E-state index < -0.39 is 0 Å². The Kier molecular flexibility index (Phi) is 3.34. The van der Waals surface area contributed by atoms with E-state index in [1.165, 1.54) is 0 Å². The molecule has 1 aromatic heterocycles. The van der Waals surface area contributed by atoms with Crippen molar-refractivity contribution in [1.29, 1.82) is 5.26 Å². The first-order valence-corrected chi connectivity index (χ1v) is 5.16. The number of aliphatic hydroxyl groups excluding tert-OH is 1. The first-order valence-electron chi connectivity index (χ1n) is 5.16. The van der Waals surface area contributed by atoms with Crippen molar-refractivity contribution >= 4 is 5.69 Å². The predicted octanol–water partition coefficient (Wildman–Crippen LogP) is 0.151. The molecule has 5 nitrogen and oxygen atoms in total. The molecule has 0 aliphatic carbocycles. The lowest BCUT2D eigenvalue weighted by atomic mass is 10.1. The zero-order valence-corrected chi connectivity index (χ0v) is 8.83. The fourth-order valence-electron chi connectivity index (χ4n) is 1.83. The van der Waals surface area contributed by atoms with Crippen molar-refractivity contribution in [2.45, 2.75) is 6.04 Å². The van der Waals surface area contributed by atoms with Gasteiger partial charge < -0.3 is 14.7 Å². The molecule has 2 rings (SSSR count). The van der Waals surface area contributed by atoms with Gasteiger partial charge in [0.05, 0.1) is 43.3 Å². The van der Waals surface area contributed by atoms with Gasteiger partial charge in [0.25, 0.3) is 0 Å². The molecule has 1 unspecified atom stereocenters. The van der Waals surface area contributed by atoms with E-state index in [0.29, 0.717) is 25.3 Å². The highest BCUT2D eigenvalue weighted by molar-refractivity contribution is 5.58. The average Bonchev–Trinajstić information content (AvgIpc) is 2.38. The lowest BCUT2D eigenvalue weighted by molar-refractivity contribution is 0.0726. The van der Waals surface area contributed by atoms with Crippen LogP contribution in [0.2, 0.25) is 0 Å². The molecule has 1 aliphatic rings. The van der Waals surface area contributed by atoms with Crippen molar-refractivity contribution in [3.05, 3.63) is 24.0 Å². The molecule has 1 aromatic rings. The van der Waals surface area contributed by atoms with E-state index in [1.807, 2.05) is 4.90 Å². The molecule has 1 saturated heterocycles. The van der Waals surface area contributed by atoms with Crippen molar-refractivity contribution < 1.29 is 9.84 Å². The van der Waals surface area contributed by atoms with Gasteiger partial charge in [0.15, 0.2) is 0 Å². The van der Waals surface area contributed by atoms with E-state index in [-0.39, 0.29) is 12.6 Å².